The minimum Gasteiger partial charge on any atom is -0.360 e. The molecule has 8 nitrogen and oxygen atoms in total. The van der Waals surface area contributed by atoms with Crippen LogP contribution in [0.3, 0.4) is 0 Å². The van der Waals surface area contributed by atoms with Crippen LogP contribution in [0.15, 0.2) is 78.7 Å². The van der Waals surface area contributed by atoms with Crippen LogP contribution < -0.4 is 16.0 Å². The first-order valence-corrected chi connectivity index (χ1v) is 11.2. The molecule has 4 rings (SSSR count). The molecule has 1 aliphatic heterocycles. The quantitative estimate of drug-likeness (QED) is 0.252. The Morgan fingerprint density at radius 2 is 1.82 bits per heavy atom. The van der Waals surface area contributed by atoms with Crippen molar-refractivity contribution in [2.45, 2.75) is 19.5 Å². The summed E-state index contributed by atoms with van der Waals surface area (Å²) in [6.07, 6.45) is 7.32. The van der Waals surface area contributed by atoms with Crippen molar-refractivity contribution in [3.8, 4) is 11.1 Å². The van der Waals surface area contributed by atoms with Gasteiger partial charge in [0.25, 0.3) is 0 Å². The zero-order valence-corrected chi connectivity index (χ0v) is 19.9. The highest BCUT2D eigenvalue weighted by atomic mass is 19.4. The van der Waals surface area contributed by atoms with Crippen LogP contribution >= 0.6 is 0 Å². The number of amides is 1. The highest BCUT2D eigenvalue weighted by Gasteiger charge is 2.33. The number of hydrogen-bond donors (Lipinski definition) is 4. The number of aryl methyl sites for hydroxylation is 1. The predicted octanol–water partition coefficient (Wildman–Crippen LogP) is 5.13. The maximum Gasteiger partial charge on any atom is 0.418 e. The van der Waals surface area contributed by atoms with Crippen LogP contribution in [0.4, 0.5) is 29.2 Å². The number of aromatic nitrogens is 3. The first-order chi connectivity index (χ1) is 18.1. The number of nitrogens with one attached hydrogen (secondary N) is 4. The van der Waals surface area contributed by atoms with Crippen molar-refractivity contribution < 1.29 is 22.4 Å². The number of dihydropyridines is 1. The average molecular weight is 523 g/mol. The Labute approximate surface area is 214 Å². The van der Waals surface area contributed by atoms with E-state index < -0.39 is 23.5 Å². The van der Waals surface area contributed by atoms with Gasteiger partial charge in [0.05, 0.1) is 35.3 Å². The highest BCUT2D eigenvalue weighted by molar-refractivity contribution is 5.92. The fourth-order valence-corrected chi connectivity index (χ4v) is 3.54. The monoisotopic (exact) mass is 523 g/mol. The Balaban J connectivity index is 1.43. The van der Waals surface area contributed by atoms with Gasteiger partial charge in [-0.1, -0.05) is 18.2 Å². The van der Waals surface area contributed by atoms with Crippen molar-refractivity contribution in [3.05, 3.63) is 101 Å². The Bertz CT molecular complexity index is 1460. The second-order valence-corrected chi connectivity index (χ2v) is 8.14. The van der Waals surface area contributed by atoms with Crippen molar-refractivity contribution >= 4 is 23.8 Å². The average Bonchev–Trinajstić information content (AvgIpc) is 2.90. The van der Waals surface area contributed by atoms with E-state index in [1.807, 2.05) is 12.2 Å². The number of alkyl halides is 3. The number of halogens is 4. The molecule has 194 valence electrons. The lowest BCUT2D eigenvalue weighted by Crippen LogP contribution is -2.17. The molecular weight excluding hydrogens is 502 g/mol. The third kappa shape index (κ3) is 6.27. The number of rotatable bonds is 7. The van der Waals surface area contributed by atoms with E-state index in [4.69, 9.17) is 5.41 Å². The number of allylic oxidation sites excluding steroid dienone is 4. The van der Waals surface area contributed by atoms with Gasteiger partial charge in [-0.25, -0.2) is 14.4 Å². The van der Waals surface area contributed by atoms with Crippen molar-refractivity contribution in [2.24, 2.45) is 0 Å². The second-order valence-electron chi connectivity index (χ2n) is 8.14. The molecule has 0 aliphatic carbocycles. The summed E-state index contributed by atoms with van der Waals surface area (Å²) in [4.78, 5) is 24.5. The molecule has 0 saturated heterocycles. The van der Waals surface area contributed by atoms with Crippen molar-refractivity contribution in [1.29, 1.82) is 5.41 Å². The Morgan fingerprint density at radius 3 is 2.45 bits per heavy atom. The number of carbonyl (C=O) groups excluding carboxylic acids is 1. The molecule has 0 spiro atoms. The molecule has 0 atom stereocenters. The van der Waals surface area contributed by atoms with Gasteiger partial charge in [-0.2, -0.15) is 13.2 Å². The lowest BCUT2D eigenvalue weighted by Gasteiger charge is -2.13. The van der Waals surface area contributed by atoms with Crippen LogP contribution in [0.5, 0.6) is 0 Å². The van der Waals surface area contributed by atoms with Gasteiger partial charge in [0.1, 0.15) is 5.82 Å². The van der Waals surface area contributed by atoms with Crippen LogP contribution in [0, 0.1) is 18.2 Å². The zero-order chi connectivity index (χ0) is 27.3. The van der Waals surface area contributed by atoms with Crippen LogP contribution in [0.25, 0.3) is 11.1 Å². The SMILES string of the molecule is Cc1ncc(NC(=O)Cc2ccc(-c3cnc(N/C(C=N)=C4\C=CC=CN4)nc3)cc2F)cc1C(F)(F)F. The van der Waals surface area contributed by atoms with Gasteiger partial charge in [-0.05, 0) is 42.3 Å². The summed E-state index contributed by atoms with van der Waals surface area (Å²) in [7, 11) is 0. The maximum atomic E-state index is 14.8. The van der Waals surface area contributed by atoms with Gasteiger partial charge < -0.3 is 21.4 Å². The van der Waals surface area contributed by atoms with Crippen molar-refractivity contribution in [1.82, 2.24) is 20.3 Å². The van der Waals surface area contributed by atoms with Gasteiger partial charge in [0.15, 0.2) is 0 Å². The van der Waals surface area contributed by atoms with E-state index in [0.717, 1.165) is 18.5 Å². The largest absolute Gasteiger partial charge is 0.418 e. The number of benzene rings is 1. The van der Waals surface area contributed by atoms with E-state index in [-0.39, 0.29) is 29.3 Å². The molecule has 1 amide bonds. The standard InChI is InChI=1S/C26H21F4N7O/c1-15-20(26(28,29)30)10-19(14-33-15)36-24(38)9-17-6-5-16(8-21(17)27)18-12-34-25(35-13-18)37-23(11-31)22-4-2-3-7-32-22/h2-8,10-14,31-32H,9H2,1H3,(H,36,38)(H,34,35,37)/b23-22+,31-11?. The lowest BCUT2D eigenvalue weighted by atomic mass is 10.0. The third-order valence-electron chi connectivity index (χ3n) is 5.46. The molecule has 0 unspecified atom stereocenters. The van der Waals surface area contributed by atoms with Crippen LogP contribution in [0.1, 0.15) is 16.8 Å². The molecule has 1 aromatic carbocycles. The summed E-state index contributed by atoms with van der Waals surface area (Å²) < 4.78 is 54.0. The molecule has 0 saturated carbocycles. The third-order valence-corrected chi connectivity index (χ3v) is 5.46. The fourth-order valence-electron chi connectivity index (χ4n) is 3.54. The summed E-state index contributed by atoms with van der Waals surface area (Å²) in [6.45, 7) is 1.22. The molecule has 0 fully saturated rings. The van der Waals surface area contributed by atoms with Gasteiger partial charge >= 0.3 is 6.18 Å². The normalized spacial score (nSPS) is 14.0. The number of nitrogens with zero attached hydrogens (tertiary/aromatic N) is 3. The Kier molecular flexibility index (Phi) is 7.61. The summed E-state index contributed by atoms with van der Waals surface area (Å²) in [5, 5.41) is 15.9. The van der Waals surface area contributed by atoms with E-state index in [9.17, 15) is 22.4 Å². The molecule has 38 heavy (non-hydrogen) atoms. The minimum atomic E-state index is -4.61. The van der Waals surface area contributed by atoms with E-state index in [1.165, 1.54) is 31.5 Å². The first kappa shape index (κ1) is 26.2. The van der Waals surface area contributed by atoms with E-state index in [2.05, 4.69) is 30.9 Å². The van der Waals surface area contributed by atoms with Crippen LogP contribution in [-0.2, 0) is 17.4 Å². The van der Waals surface area contributed by atoms with Gasteiger partial charge in [-0.15, -0.1) is 0 Å². The molecule has 0 radical (unpaired) electrons. The summed E-state index contributed by atoms with van der Waals surface area (Å²) in [5.74, 6) is -1.13. The molecule has 3 heterocycles. The summed E-state index contributed by atoms with van der Waals surface area (Å²) >= 11 is 0. The topological polar surface area (TPSA) is 116 Å². The van der Waals surface area contributed by atoms with Crippen LogP contribution in [0.2, 0.25) is 0 Å². The van der Waals surface area contributed by atoms with Gasteiger partial charge in [-0.3, -0.25) is 9.78 Å². The fraction of sp³-hybridized carbons (Fsp3) is 0.115. The highest BCUT2D eigenvalue weighted by Crippen LogP contribution is 2.32. The molecule has 0 bridgehead atoms. The zero-order valence-electron chi connectivity index (χ0n) is 19.9. The Morgan fingerprint density at radius 1 is 1.05 bits per heavy atom. The molecule has 4 N–H and O–H groups in total. The number of hydrogen-bond acceptors (Lipinski definition) is 7. The predicted molar refractivity (Wildman–Crippen MR) is 135 cm³/mol. The van der Waals surface area contributed by atoms with Gasteiger partial charge in [0.2, 0.25) is 11.9 Å². The van der Waals surface area contributed by atoms with Crippen molar-refractivity contribution in [2.75, 3.05) is 10.6 Å². The van der Waals surface area contributed by atoms with E-state index in [0.29, 0.717) is 22.5 Å². The second kappa shape index (κ2) is 11.0. The van der Waals surface area contributed by atoms with Crippen molar-refractivity contribution in [3.63, 3.8) is 0 Å². The molecule has 3 aromatic rings. The van der Waals surface area contributed by atoms with E-state index >= 15 is 0 Å². The van der Waals surface area contributed by atoms with E-state index in [1.54, 1.807) is 18.3 Å². The molecule has 2 aromatic heterocycles. The van der Waals surface area contributed by atoms with Crippen LogP contribution in [-0.4, -0.2) is 27.1 Å². The minimum absolute atomic E-state index is 0.0610. The number of carbonyl (C=O) groups is 1. The molecule has 1 aliphatic rings. The maximum absolute atomic E-state index is 14.8. The molecule has 12 heteroatoms. The first-order valence-electron chi connectivity index (χ1n) is 11.2. The number of anilines is 2. The Hall–Kier alpha value is -4.87. The molecular formula is C26H21F4N7O. The lowest BCUT2D eigenvalue weighted by molar-refractivity contribution is -0.138. The smallest absolute Gasteiger partial charge is 0.360 e. The summed E-state index contributed by atoms with van der Waals surface area (Å²) in [6, 6.07) is 5.01. The summed E-state index contributed by atoms with van der Waals surface area (Å²) in [5.41, 5.74) is 0.837. The van der Waals surface area contributed by atoms with Gasteiger partial charge in [0, 0.05) is 36.1 Å². The number of pyridine rings is 1.